The van der Waals surface area contributed by atoms with E-state index in [9.17, 15) is 8.78 Å². The largest absolute Gasteiger partial charge is 0.486 e. The van der Waals surface area contributed by atoms with Crippen molar-refractivity contribution in [3.63, 3.8) is 0 Å². The summed E-state index contributed by atoms with van der Waals surface area (Å²) in [4.78, 5) is 0. The van der Waals surface area contributed by atoms with Crippen molar-refractivity contribution in [2.24, 2.45) is 0 Å². The van der Waals surface area contributed by atoms with Crippen molar-refractivity contribution in [2.75, 3.05) is 17.8 Å². The number of nitrogens with one attached hydrogen (secondary N) is 1. The minimum absolute atomic E-state index is 0.0611. The average Bonchev–Trinajstić information content (AvgIpc) is 2.23. The molecule has 0 fully saturated rings. The van der Waals surface area contributed by atoms with Crippen LogP contribution >= 0.6 is 11.6 Å². The molecule has 0 spiro atoms. The van der Waals surface area contributed by atoms with Gasteiger partial charge in [-0.05, 0) is 12.1 Å². The first-order valence-corrected chi connectivity index (χ1v) is 4.69. The summed E-state index contributed by atoms with van der Waals surface area (Å²) in [6.45, 7) is 0.247. The summed E-state index contributed by atoms with van der Waals surface area (Å²) in [5.41, 5.74) is 0.445. The topological polar surface area (TPSA) is 21.3 Å². The SMILES string of the molecule is Fc1ccc2c(c1F)OC[C@H](CCl)N2. The van der Waals surface area contributed by atoms with E-state index in [0.717, 1.165) is 6.07 Å². The standard InChI is InChI=1S/C9H8ClF2NO/c10-3-5-4-14-9-7(13-5)2-1-6(11)8(9)12/h1-2,5,13H,3-4H2/t5-/m0/s1. The normalized spacial score (nSPS) is 19.5. The zero-order chi connectivity index (χ0) is 10.1. The zero-order valence-electron chi connectivity index (χ0n) is 7.19. The molecular formula is C9H8ClF2NO. The Morgan fingerprint density at radius 3 is 3.00 bits per heavy atom. The predicted octanol–water partition coefficient (Wildman–Crippen LogP) is 2.38. The molecule has 1 aliphatic heterocycles. The lowest BCUT2D eigenvalue weighted by molar-refractivity contribution is 0.273. The van der Waals surface area contributed by atoms with E-state index >= 15 is 0 Å². The van der Waals surface area contributed by atoms with Crippen LogP contribution in [-0.2, 0) is 0 Å². The second-order valence-corrected chi connectivity index (χ2v) is 3.35. The average molecular weight is 220 g/mol. The van der Waals surface area contributed by atoms with Gasteiger partial charge in [0, 0.05) is 5.88 Å². The highest BCUT2D eigenvalue weighted by Gasteiger charge is 2.22. The van der Waals surface area contributed by atoms with Crippen molar-refractivity contribution in [1.82, 2.24) is 0 Å². The van der Waals surface area contributed by atoms with Crippen molar-refractivity contribution in [1.29, 1.82) is 0 Å². The van der Waals surface area contributed by atoms with Gasteiger partial charge in [0.2, 0.25) is 5.82 Å². The van der Waals surface area contributed by atoms with Crippen LogP contribution in [0, 0.1) is 11.6 Å². The van der Waals surface area contributed by atoms with E-state index in [2.05, 4.69) is 5.32 Å². The summed E-state index contributed by atoms with van der Waals surface area (Å²) in [6.07, 6.45) is 0. The molecule has 0 radical (unpaired) electrons. The fourth-order valence-corrected chi connectivity index (χ4v) is 1.48. The molecule has 0 aromatic heterocycles. The lowest BCUT2D eigenvalue weighted by Gasteiger charge is -2.26. The molecule has 1 heterocycles. The highest BCUT2D eigenvalue weighted by Crippen LogP contribution is 2.33. The van der Waals surface area contributed by atoms with Gasteiger partial charge in [0.1, 0.15) is 6.61 Å². The van der Waals surface area contributed by atoms with Crippen LogP contribution in [0.5, 0.6) is 5.75 Å². The number of ether oxygens (including phenoxy) is 1. The second kappa shape index (κ2) is 3.61. The second-order valence-electron chi connectivity index (χ2n) is 3.04. The number of fused-ring (bicyclic) bond motifs is 1. The molecule has 0 unspecified atom stereocenters. The first-order chi connectivity index (χ1) is 6.72. The molecule has 1 aliphatic rings. The number of hydrogen-bond acceptors (Lipinski definition) is 2. The third-order valence-electron chi connectivity index (χ3n) is 2.02. The number of hydrogen-bond donors (Lipinski definition) is 1. The van der Waals surface area contributed by atoms with Crippen LogP contribution in [0.3, 0.4) is 0 Å². The maximum Gasteiger partial charge on any atom is 0.202 e. The van der Waals surface area contributed by atoms with Crippen molar-refractivity contribution in [2.45, 2.75) is 6.04 Å². The van der Waals surface area contributed by atoms with Crippen molar-refractivity contribution >= 4 is 17.3 Å². The predicted molar refractivity (Wildman–Crippen MR) is 50.0 cm³/mol. The Bertz CT molecular complexity index is 359. The Morgan fingerprint density at radius 2 is 2.29 bits per heavy atom. The number of anilines is 1. The molecule has 0 saturated heterocycles. The Hall–Kier alpha value is -1.03. The van der Waals surface area contributed by atoms with Crippen molar-refractivity contribution < 1.29 is 13.5 Å². The molecule has 1 aromatic carbocycles. The van der Waals surface area contributed by atoms with Gasteiger partial charge in [-0.1, -0.05) is 0 Å². The van der Waals surface area contributed by atoms with E-state index in [0.29, 0.717) is 11.6 Å². The van der Waals surface area contributed by atoms with E-state index < -0.39 is 11.6 Å². The van der Waals surface area contributed by atoms with Gasteiger partial charge in [0.15, 0.2) is 11.6 Å². The van der Waals surface area contributed by atoms with E-state index in [-0.39, 0.29) is 18.4 Å². The van der Waals surface area contributed by atoms with Crippen LogP contribution in [0.2, 0.25) is 0 Å². The summed E-state index contributed by atoms with van der Waals surface area (Å²) in [5.74, 6) is -1.57. The molecule has 2 rings (SSSR count). The molecule has 5 heteroatoms. The van der Waals surface area contributed by atoms with E-state index in [1.807, 2.05) is 0 Å². The molecule has 0 amide bonds. The lowest BCUT2D eigenvalue weighted by atomic mass is 10.2. The summed E-state index contributed by atoms with van der Waals surface area (Å²) in [6, 6.07) is 2.43. The fourth-order valence-electron chi connectivity index (χ4n) is 1.32. The quantitative estimate of drug-likeness (QED) is 0.733. The molecule has 14 heavy (non-hydrogen) atoms. The lowest BCUT2D eigenvalue weighted by Crippen LogP contribution is -2.33. The van der Waals surface area contributed by atoms with Gasteiger partial charge in [-0.15, -0.1) is 11.6 Å². The number of benzene rings is 1. The van der Waals surface area contributed by atoms with Crippen LogP contribution in [0.15, 0.2) is 12.1 Å². The Balaban J connectivity index is 2.36. The molecule has 0 aliphatic carbocycles. The molecule has 0 bridgehead atoms. The third-order valence-corrected chi connectivity index (χ3v) is 2.40. The van der Waals surface area contributed by atoms with Crippen molar-refractivity contribution in [3.8, 4) is 5.75 Å². The fraction of sp³-hybridized carbons (Fsp3) is 0.333. The van der Waals surface area contributed by atoms with Gasteiger partial charge >= 0.3 is 0 Å². The summed E-state index contributed by atoms with van der Waals surface area (Å²) >= 11 is 5.61. The highest BCUT2D eigenvalue weighted by molar-refractivity contribution is 6.18. The van der Waals surface area contributed by atoms with Crippen LogP contribution in [0.4, 0.5) is 14.5 Å². The highest BCUT2D eigenvalue weighted by atomic mass is 35.5. The van der Waals surface area contributed by atoms with Gasteiger partial charge in [-0.25, -0.2) is 4.39 Å². The van der Waals surface area contributed by atoms with E-state index in [1.54, 1.807) is 0 Å². The first-order valence-electron chi connectivity index (χ1n) is 4.15. The molecule has 76 valence electrons. The molecule has 0 saturated carbocycles. The van der Waals surface area contributed by atoms with Crippen LogP contribution in [0.25, 0.3) is 0 Å². The monoisotopic (exact) mass is 219 g/mol. The van der Waals surface area contributed by atoms with E-state index in [4.69, 9.17) is 16.3 Å². The zero-order valence-corrected chi connectivity index (χ0v) is 7.94. The third kappa shape index (κ3) is 1.50. The Labute approximate surface area is 84.8 Å². The van der Waals surface area contributed by atoms with Crippen LogP contribution < -0.4 is 10.1 Å². The molecule has 1 aromatic rings. The first kappa shape index (κ1) is 9.52. The minimum Gasteiger partial charge on any atom is -0.486 e. The maximum atomic E-state index is 13.1. The van der Waals surface area contributed by atoms with Gasteiger partial charge in [-0.3, -0.25) is 0 Å². The maximum absolute atomic E-state index is 13.1. The summed E-state index contributed by atoms with van der Waals surface area (Å²) in [7, 11) is 0. The molecule has 1 atom stereocenters. The summed E-state index contributed by atoms with van der Waals surface area (Å²) in [5, 5.41) is 2.95. The van der Waals surface area contributed by atoms with Crippen LogP contribution in [-0.4, -0.2) is 18.5 Å². The molecule has 2 nitrogen and oxygen atoms in total. The number of alkyl halides is 1. The van der Waals surface area contributed by atoms with Crippen molar-refractivity contribution in [3.05, 3.63) is 23.8 Å². The summed E-state index contributed by atoms with van der Waals surface area (Å²) < 4.78 is 31.0. The molecular weight excluding hydrogens is 212 g/mol. The van der Waals surface area contributed by atoms with E-state index in [1.165, 1.54) is 6.07 Å². The van der Waals surface area contributed by atoms with Gasteiger partial charge in [0.05, 0.1) is 11.7 Å². The molecule has 1 N–H and O–H groups in total. The van der Waals surface area contributed by atoms with Gasteiger partial charge in [-0.2, -0.15) is 4.39 Å². The Morgan fingerprint density at radius 1 is 1.50 bits per heavy atom. The van der Waals surface area contributed by atoms with Gasteiger partial charge in [0.25, 0.3) is 0 Å². The smallest absolute Gasteiger partial charge is 0.202 e. The minimum atomic E-state index is -0.956. The van der Waals surface area contributed by atoms with Gasteiger partial charge < -0.3 is 10.1 Å². The van der Waals surface area contributed by atoms with Crippen LogP contribution in [0.1, 0.15) is 0 Å². The Kier molecular flexibility index (Phi) is 2.46. The number of rotatable bonds is 1. The number of halogens is 3.